The van der Waals surface area contributed by atoms with Gasteiger partial charge in [-0.15, -0.1) is 0 Å². The summed E-state index contributed by atoms with van der Waals surface area (Å²) in [5, 5.41) is 3.67. The Bertz CT molecular complexity index is 1010. The van der Waals surface area contributed by atoms with Crippen LogP contribution in [0.5, 0.6) is 11.5 Å². The highest BCUT2D eigenvalue weighted by atomic mass is 16.5. The van der Waals surface area contributed by atoms with Gasteiger partial charge in [0.25, 0.3) is 0 Å². The zero-order valence-electron chi connectivity index (χ0n) is 19.2. The summed E-state index contributed by atoms with van der Waals surface area (Å²) in [6, 6.07) is 7.75. The van der Waals surface area contributed by atoms with Gasteiger partial charge in [0.2, 0.25) is 5.56 Å². The molecule has 1 heterocycles. The molecular weight excluding hydrogens is 404 g/mol. The number of aromatic nitrogens is 1. The number of benzene rings is 1. The normalized spacial score (nSPS) is 19.5. The number of nitrogens with one attached hydrogen (secondary N) is 2. The van der Waals surface area contributed by atoms with Crippen molar-refractivity contribution in [2.45, 2.75) is 63.8 Å². The molecule has 1 aromatic carbocycles. The highest BCUT2D eigenvalue weighted by Crippen LogP contribution is 2.38. The second-order valence-corrected chi connectivity index (χ2v) is 8.99. The summed E-state index contributed by atoms with van der Waals surface area (Å²) in [6.45, 7) is 0.983. The molecule has 6 nitrogen and oxygen atoms in total. The Morgan fingerprint density at radius 3 is 2.62 bits per heavy atom. The van der Waals surface area contributed by atoms with E-state index in [4.69, 9.17) is 9.47 Å². The fourth-order valence-electron chi connectivity index (χ4n) is 5.19. The number of H-pyrrole nitrogens is 1. The maximum absolute atomic E-state index is 12.8. The quantitative estimate of drug-likeness (QED) is 0.539. The molecule has 0 spiro atoms. The molecular formula is C26H34N2O4. The second-order valence-electron chi connectivity index (χ2n) is 8.99. The number of fused-ring (bicyclic) bond motifs is 2. The molecule has 0 amide bonds. The number of carbonyl (C=O) groups excluding carboxylic acids is 1. The van der Waals surface area contributed by atoms with Crippen LogP contribution in [0.15, 0.2) is 29.1 Å². The number of ether oxygens (including phenoxy) is 2. The number of methoxy groups -OCH3 is 2. The van der Waals surface area contributed by atoms with Gasteiger partial charge in [-0.2, -0.15) is 0 Å². The van der Waals surface area contributed by atoms with Gasteiger partial charge in [0.05, 0.1) is 14.2 Å². The Labute approximate surface area is 189 Å². The van der Waals surface area contributed by atoms with E-state index < -0.39 is 0 Å². The Morgan fingerprint density at radius 1 is 1.03 bits per heavy atom. The molecule has 0 fully saturated rings. The fraction of sp³-hybridized carbons (Fsp3) is 0.538. The zero-order chi connectivity index (χ0) is 22.5. The molecule has 0 saturated heterocycles. The number of aryl methyl sites for hydroxylation is 1. The summed E-state index contributed by atoms with van der Waals surface area (Å²) in [4.78, 5) is 27.3. The van der Waals surface area contributed by atoms with E-state index in [1.54, 1.807) is 20.3 Å². The number of ketones is 1. The maximum atomic E-state index is 12.8. The van der Waals surface area contributed by atoms with Crippen molar-refractivity contribution in [1.82, 2.24) is 10.3 Å². The first kappa shape index (κ1) is 22.6. The fourth-order valence-corrected chi connectivity index (χ4v) is 5.19. The number of pyridine rings is 1. The number of unbranched alkanes of at least 4 members (excludes halogenated alkanes) is 3. The highest BCUT2D eigenvalue weighted by Gasteiger charge is 2.31. The first-order valence-corrected chi connectivity index (χ1v) is 11.8. The molecule has 2 atom stereocenters. The van der Waals surface area contributed by atoms with Gasteiger partial charge in [-0.3, -0.25) is 9.59 Å². The number of hydrogen-bond acceptors (Lipinski definition) is 5. The molecule has 172 valence electrons. The number of aromatic amines is 1. The van der Waals surface area contributed by atoms with Crippen molar-refractivity contribution < 1.29 is 14.3 Å². The van der Waals surface area contributed by atoms with Crippen LogP contribution >= 0.6 is 0 Å². The Kier molecular flexibility index (Phi) is 7.30. The van der Waals surface area contributed by atoms with E-state index in [-0.39, 0.29) is 17.3 Å². The summed E-state index contributed by atoms with van der Waals surface area (Å²) >= 11 is 0. The minimum absolute atomic E-state index is 0.00786. The minimum atomic E-state index is -0.00786. The Morgan fingerprint density at radius 2 is 1.81 bits per heavy atom. The van der Waals surface area contributed by atoms with Crippen LogP contribution in [0.25, 0.3) is 0 Å². The van der Waals surface area contributed by atoms with Crippen LogP contribution in [0.3, 0.4) is 0 Å². The van der Waals surface area contributed by atoms with Crippen LogP contribution in [0, 0.1) is 5.92 Å². The number of Topliss-reactive ketones (excluding diaryl/α,β-unsaturated/α-hetero) is 1. The summed E-state index contributed by atoms with van der Waals surface area (Å²) in [6.07, 6.45) is 9.45. The predicted molar refractivity (Wildman–Crippen MR) is 125 cm³/mol. The highest BCUT2D eigenvalue weighted by molar-refractivity contribution is 6.02. The largest absolute Gasteiger partial charge is 0.493 e. The molecule has 2 aromatic rings. The van der Waals surface area contributed by atoms with E-state index in [2.05, 4.69) is 10.3 Å². The van der Waals surface area contributed by atoms with E-state index in [0.29, 0.717) is 17.5 Å². The summed E-state index contributed by atoms with van der Waals surface area (Å²) in [5.41, 5.74) is 4.22. The second kappa shape index (κ2) is 10.3. The Hall–Kier alpha value is -2.60. The smallest absolute Gasteiger partial charge is 0.248 e. The molecule has 1 unspecified atom stereocenters. The van der Waals surface area contributed by atoms with Crippen LogP contribution in [0.1, 0.15) is 78.2 Å². The topological polar surface area (TPSA) is 80.4 Å². The van der Waals surface area contributed by atoms with Crippen molar-refractivity contribution >= 4 is 5.78 Å². The number of carbonyl (C=O) groups is 1. The maximum Gasteiger partial charge on any atom is 0.248 e. The van der Waals surface area contributed by atoms with E-state index in [9.17, 15) is 9.59 Å². The van der Waals surface area contributed by atoms with Gasteiger partial charge in [-0.05, 0) is 68.3 Å². The third-order valence-electron chi connectivity index (χ3n) is 6.91. The summed E-state index contributed by atoms with van der Waals surface area (Å²) < 4.78 is 10.7. The summed E-state index contributed by atoms with van der Waals surface area (Å²) in [7, 11) is 3.23. The zero-order valence-corrected chi connectivity index (χ0v) is 19.2. The van der Waals surface area contributed by atoms with Gasteiger partial charge in [0, 0.05) is 29.3 Å². The van der Waals surface area contributed by atoms with Crippen molar-refractivity contribution in [2.24, 2.45) is 5.92 Å². The van der Waals surface area contributed by atoms with E-state index in [0.717, 1.165) is 81.2 Å². The molecule has 0 aliphatic heterocycles. The van der Waals surface area contributed by atoms with Crippen LogP contribution in [-0.4, -0.2) is 31.5 Å². The van der Waals surface area contributed by atoms with Crippen LogP contribution in [-0.2, 0) is 12.8 Å². The molecule has 2 aliphatic rings. The third kappa shape index (κ3) is 4.90. The van der Waals surface area contributed by atoms with Gasteiger partial charge in [0.1, 0.15) is 0 Å². The van der Waals surface area contributed by atoms with Crippen LogP contribution in [0.2, 0.25) is 0 Å². The molecule has 4 rings (SSSR count). The summed E-state index contributed by atoms with van der Waals surface area (Å²) in [5.74, 6) is 1.65. The molecule has 1 aromatic heterocycles. The van der Waals surface area contributed by atoms with Crippen molar-refractivity contribution in [3.63, 3.8) is 0 Å². The lowest BCUT2D eigenvalue weighted by molar-refractivity contribution is 0.0928. The van der Waals surface area contributed by atoms with Gasteiger partial charge >= 0.3 is 0 Å². The first-order chi connectivity index (χ1) is 15.6. The van der Waals surface area contributed by atoms with Crippen molar-refractivity contribution in [2.75, 3.05) is 20.8 Å². The molecule has 6 heteroatoms. The molecule has 0 bridgehead atoms. The molecule has 2 aliphatic carbocycles. The van der Waals surface area contributed by atoms with E-state index in [1.165, 1.54) is 5.56 Å². The molecule has 0 saturated carbocycles. The van der Waals surface area contributed by atoms with Crippen molar-refractivity contribution in [3.8, 4) is 11.5 Å². The average Bonchev–Trinajstić information content (AvgIpc) is 3.11. The van der Waals surface area contributed by atoms with Gasteiger partial charge < -0.3 is 19.8 Å². The average molecular weight is 439 g/mol. The minimum Gasteiger partial charge on any atom is -0.493 e. The van der Waals surface area contributed by atoms with Gasteiger partial charge in [-0.1, -0.05) is 25.3 Å². The standard InChI is InChI=1S/C26H34N2O4/c1-31-23-15-18-14-17(26(30)20(18)16-24(23)32-2)8-5-3-4-6-13-27-21-9-7-10-22-19(21)11-12-25(29)28-22/h11-12,15-17,21,27H,3-10,13-14H2,1-2H3,(H,28,29)/t17?,21-/m0/s1. The lowest BCUT2D eigenvalue weighted by Crippen LogP contribution is -2.28. The molecule has 0 radical (unpaired) electrons. The number of hydrogen-bond donors (Lipinski definition) is 2. The molecule has 32 heavy (non-hydrogen) atoms. The number of rotatable bonds is 10. The van der Waals surface area contributed by atoms with E-state index >= 15 is 0 Å². The first-order valence-electron chi connectivity index (χ1n) is 11.8. The lowest BCUT2D eigenvalue weighted by atomic mass is 9.91. The van der Waals surface area contributed by atoms with Crippen LogP contribution in [0.4, 0.5) is 0 Å². The Balaban J connectivity index is 1.17. The van der Waals surface area contributed by atoms with E-state index in [1.807, 2.05) is 18.2 Å². The molecule has 2 N–H and O–H groups in total. The van der Waals surface area contributed by atoms with Crippen LogP contribution < -0.4 is 20.3 Å². The third-order valence-corrected chi connectivity index (χ3v) is 6.91. The van der Waals surface area contributed by atoms with Crippen molar-refractivity contribution in [3.05, 3.63) is 57.0 Å². The van der Waals surface area contributed by atoms with Gasteiger partial charge in [0.15, 0.2) is 17.3 Å². The predicted octanol–water partition coefficient (Wildman–Crippen LogP) is 4.36. The lowest BCUT2D eigenvalue weighted by Gasteiger charge is -2.26. The monoisotopic (exact) mass is 438 g/mol. The van der Waals surface area contributed by atoms with Gasteiger partial charge in [-0.25, -0.2) is 0 Å². The van der Waals surface area contributed by atoms with Crippen molar-refractivity contribution in [1.29, 1.82) is 0 Å². The SMILES string of the molecule is COc1cc2c(cc1OC)C(=O)C(CCCCCCN[C@H]1CCCc3[nH]c(=O)ccc31)C2.